The van der Waals surface area contributed by atoms with Crippen molar-refractivity contribution in [3.8, 4) is 11.5 Å². The molecule has 19 heavy (non-hydrogen) atoms. The van der Waals surface area contributed by atoms with E-state index in [0.29, 0.717) is 6.54 Å². The van der Waals surface area contributed by atoms with E-state index >= 15 is 0 Å². The Balaban J connectivity index is 2.16. The Labute approximate surface area is 128 Å². The maximum atomic E-state index is 9.45. The van der Waals surface area contributed by atoms with Gasteiger partial charge in [-0.2, -0.15) is 0 Å². The summed E-state index contributed by atoms with van der Waals surface area (Å²) in [5.74, 6) is -0.220. The second-order valence-corrected chi connectivity index (χ2v) is 5.99. The van der Waals surface area contributed by atoms with Crippen molar-refractivity contribution in [2.24, 2.45) is 0 Å². The van der Waals surface area contributed by atoms with E-state index in [2.05, 4.69) is 37.2 Å². The smallest absolute Gasteiger partial charge is 0.157 e. The van der Waals surface area contributed by atoms with Gasteiger partial charge >= 0.3 is 0 Å². The van der Waals surface area contributed by atoms with Crippen LogP contribution in [0.1, 0.15) is 11.1 Å². The second-order valence-electron chi connectivity index (χ2n) is 4.28. The SMILES string of the molecule is Cc1cc(Br)c(NCc2ccc(O)c(O)c2)c(Br)c1. The molecule has 0 saturated heterocycles. The summed E-state index contributed by atoms with van der Waals surface area (Å²) in [6.45, 7) is 2.57. The molecular weight excluding hydrogens is 374 g/mol. The first kappa shape index (κ1) is 14.2. The van der Waals surface area contributed by atoms with Crippen LogP contribution in [0.3, 0.4) is 0 Å². The van der Waals surface area contributed by atoms with E-state index in [-0.39, 0.29) is 11.5 Å². The minimum atomic E-state index is -0.110. The van der Waals surface area contributed by atoms with Gasteiger partial charge in [0.2, 0.25) is 0 Å². The Bertz CT molecular complexity index is 591. The van der Waals surface area contributed by atoms with Crippen molar-refractivity contribution in [1.82, 2.24) is 0 Å². The predicted octanol–water partition coefficient (Wildman–Crippen LogP) is 4.54. The highest BCUT2D eigenvalue weighted by molar-refractivity contribution is 9.11. The first-order valence-corrected chi connectivity index (χ1v) is 7.26. The largest absolute Gasteiger partial charge is 0.504 e. The van der Waals surface area contributed by atoms with Crippen molar-refractivity contribution in [2.75, 3.05) is 5.32 Å². The molecule has 0 amide bonds. The quantitative estimate of drug-likeness (QED) is 0.678. The van der Waals surface area contributed by atoms with Gasteiger partial charge in [-0.05, 0) is 74.2 Å². The third-order valence-electron chi connectivity index (χ3n) is 2.70. The maximum absolute atomic E-state index is 9.45. The molecule has 0 heterocycles. The lowest BCUT2D eigenvalue weighted by molar-refractivity contribution is 0.403. The molecule has 3 N–H and O–H groups in total. The zero-order chi connectivity index (χ0) is 14.0. The van der Waals surface area contributed by atoms with Crippen molar-refractivity contribution >= 4 is 37.5 Å². The first-order chi connectivity index (χ1) is 8.97. The summed E-state index contributed by atoms with van der Waals surface area (Å²) >= 11 is 7.03. The number of aryl methyl sites for hydroxylation is 1. The number of benzene rings is 2. The number of hydrogen-bond acceptors (Lipinski definition) is 3. The summed E-state index contributed by atoms with van der Waals surface area (Å²) in [7, 11) is 0. The molecule has 0 aliphatic carbocycles. The summed E-state index contributed by atoms with van der Waals surface area (Å²) in [6, 6.07) is 8.84. The normalized spacial score (nSPS) is 10.5. The molecule has 100 valence electrons. The van der Waals surface area contributed by atoms with E-state index in [9.17, 15) is 10.2 Å². The van der Waals surface area contributed by atoms with Crippen LogP contribution in [0, 0.1) is 6.92 Å². The van der Waals surface area contributed by atoms with Crippen molar-refractivity contribution in [3.05, 3.63) is 50.4 Å². The summed E-state index contributed by atoms with van der Waals surface area (Å²) in [5.41, 5.74) is 3.00. The van der Waals surface area contributed by atoms with Crippen LogP contribution in [0.4, 0.5) is 5.69 Å². The molecule has 0 saturated carbocycles. The van der Waals surface area contributed by atoms with E-state index < -0.39 is 0 Å². The maximum Gasteiger partial charge on any atom is 0.157 e. The number of anilines is 1. The van der Waals surface area contributed by atoms with Gasteiger partial charge in [0.1, 0.15) is 0 Å². The summed E-state index contributed by atoms with van der Waals surface area (Å²) in [4.78, 5) is 0. The van der Waals surface area contributed by atoms with Crippen molar-refractivity contribution in [2.45, 2.75) is 13.5 Å². The highest BCUT2D eigenvalue weighted by atomic mass is 79.9. The van der Waals surface area contributed by atoms with Crippen molar-refractivity contribution in [3.63, 3.8) is 0 Å². The number of rotatable bonds is 3. The molecule has 0 aliphatic heterocycles. The lowest BCUT2D eigenvalue weighted by Crippen LogP contribution is -2.01. The fourth-order valence-corrected chi connectivity index (χ4v) is 3.43. The molecule has 0 aromatic heterocycles. The van der Waals surface area contributed by atoms with Gasteiger partial charge in [-0.15, -0.1) is 0 Å². The molecule has 5 heteroatoms. The van der Waals surface area contributed by atoms with Crippen molar-refractivity contribution in [1.29, 1.82) is 0 Å². The zero-order valence-corrected chi connectivity index (χ0v) is 13.4. The summed E-state index contributed by atoms with van der Waals surface area (Å²) in [5, 5.41) is 22.0. The number of halogens is 2. The lowest BCUT2D eigenvalue weighted by atomic mass is 10.2. The highest BCUT2D eigenvalue weighted by Gasteiger charge is 2.07. The molecule has 2 aromatic carbocycles. The standard InChI is InChI=1S/C14H13Br2NO2/c1-8-4-10(15)14(11(16)5-8)17-7-9-2-3-12(18)13(19)6-9/h2-6,17-19H,7H2,1H3. The third kappa shape index (κ3) is 3.42. The van der Waals surface area contributed by atoms with Gasteiger partial charge in [0.15, 0.2) is 11.5 Å². The lowest BCUT2D eigenvalue weighted by Gasteiger charge is -2.12. The van der Waals surface area contributed by atoms with Crippen LogP contribution in [0.25, 0.3) is 0 Å². The molecule has 0 fully saturated rings. The molecule has 2 rings (SSSR count). The van der Waals surface area contributed by atoms with Crippen LogP contribution in [-0.2, 0) is 6.54 Å². The van der Waals surface area contributed by atoms with E-state index in [1.807, 2.05) is 19.1 Å². The van der Waals surface area contributed by atoms with Crippen molar-refractivity contribution < 1.29 is 10.2 Å². The Morgan fingerprint density at radius 1 is 1.00 bits per heavy atom. The van der Waals surface area contributed by atoms with Crippen LogP contribution in [0.2, 0.25) is 0 Å². The number of aromatic hydroxyl groups is 2. The van der Waals surface area contributed by atoms with Crippen LogP contribution in [0.15, 0.2) is 39.3 Å². The zero-order valence-electron chi connectivity index (χ0n) is 10.2. The van der Waals surface area contributed by atoms with E-state index in [1.54, 1.807) is 12.1 Å². The van der Waals surface area contributed by atoms with Crippen LogP contribution in [-0.4, -0.2) is 10.2 Å². The third-order valence-corrected chi connectivity index (χ3v) is 3.95. The number of phenols is 2. The van der Waals surface area contributed by atoms with E-state index in [1.165, 1.54) is 6.07 Å². The number of hydrogen-bond donors (Lipinski definition) is 3. The highest BCUT2D eigenvalue weighted by Crippen LogP contribution is 2.33. The molecule has 0 aliphatic rings. The fraction of sp³-hybridized carbons (Fsp3) is 0.143. The molecule has 0 radical (unpaired) electrons. The topological polar surface area (TPSA) is 52.5 Å². The first-order valence-electron chi connectivity index (χ1n) is 5.68. The Hall–Kier alpha value is -1.20. The van der Waals surface area contributed by atoms with Gasteiger partial charge in [-0.3, -0.25) is 0 Å². The average molecular weight is 387 g/mol. The van der Waals surface area contributed by atoms with Gasteiger partial charge in [0.25, 0.3) is 0 Å². The predicted molar refractivity (Wildman–Crippen MR) is 83.7 cm³/mol. The summed E-state index contributed by atoms with van der Waals surface area (Å²) in [6.07, 6.45) is 0. The average Bonchev–Trinajstić information content (AvgIpc) is 2.32. The molecule has 2 aromatic rings. The van der Waals surface area contributed by atoms with Gasteiger partial charge < -0.3 is 15.5 Å². The molecule has 0 unspecified atom stereocenters. The molecule has 3 nitrogen and oxygen atoms in total. The Kier molecular flexibility index (Phi) is 4.37. The molecule has 0 atom stereocenters. The van der Waals surface area contributed by atoms with Crippen LogP contribution >= 0.6 is 31.9 Å². The number of nitrogens with one attached hydrogen (secondary N) is 1. The van der Waals surface area contributed by atoms with Crippen LogP contribution < -0.4 is 5.32 Å². The van der Waals surface area contributed by atoms with Gasteiger partial charge in [0, 0.05) is 15.5 Å². The minimum Gasteiger partial charge on any atom is -0.504 e. The van der Waals surface area contributed by atoms with E-state index in [4.69, 9.17) is 0 Å². The fourth-order valence-electron chi connectivity index (χ4n) is 1.74. The summed E-state index contributed by atoms with van der Waals surface area (Å²) < 4.78 is 1.95. The molecule has 0 bridgehead atoms. The Morgan fingerprint density at radius 3 is 2.21 bits per heavy atom. The van der Waals surface area contributed by atoms with Gasteiger partial charge in [0.05, 0.1) is 5.69 Å². The molecule has 0 spiro atoms. The molecular formula is C14H13Br2NO2. The minimum absolute atomic E-state index is 0.110. The second kappa shape index (κ2) is 5.84. The Morgan fingerprint density at radius 2 is 1.63 bits per heavy atom. The van der Waals surface area contributed by atoms with Gasteiger partial charge in [-0.1, -0.05) is 6.07 Å². The monoisotopic (exact) mass is 385 g/mol. The van der Waals surface area contributed by atoms with E-state index in [0.717, 1.165) is 25.8 Å². The number of phenolic OH excluding ortho intramolecular Hbond substituents is 2. The van der Waals surface area contributed by atoms with Crippen LogP contribution in [0.5, 0.6) is 11.5 Å². The van der Waals surface area contributed by atoms with Gasteiger partial charge in [-0.25, -0.2) is 0 Å².